The molecule has 25 heavy (non-hydrogen) atoms. The summed E-state index contributed by atoms with van der Waals surface area (Å²) in [5.74, 6) is -0.554. The number of allylic oxidation sites excluding steroid dienone is 2. The van der Waals surface area contributed by atoms with E-state index >= 15 is 0 Å². The molecule has 2 rings (SSSR count). The first-order valence-electron chi connectivity index (χ1n) is 8.13. The van der Waals surface area contributed by atoms with Gasteiger partial charge in [-0.1, -0.05) is 18.6 Å². The Morgan fingerprint density at radius 3 is 2.68 bits per heavy atom. The minimum Gasteiger partial charge on any atom is -0.507 e. The van der Waals surface area contributed by atoms with Gasteiger partial charge in [0.05, 0.1) is 20.1 Å². The van der Waals surface area contributed by atoms with Crippen LogP contribution in [0, 0.1) is 12.8 Å². The molecule has 0 bridgehead atoms. The summed E-state index contributed by atoms with van der Waals surface area (Å²) in [6.07, 6.45) is 2.86. The summed E-state index contributed by atoms with van der Waals surface area (Å²) in [7, 11) is 2.90. The van der Waals surface area contributed by atoms with E-state index in [1.165, 1.54) is 14.2 Å². The van der Waals surface area contributed by atoms with Gasteiger partial charge in [-0.15, -0.1) is 0 Å². The predicted octanol–water partition coefficient (Wildman–Crippen LogP) is 3.07. The van der Waals surface area contributed by atoms with Crippen LogP contribution in [0.2, 0.25) is 0 Å². The molecule has 0 radical (unpaired) electrons. The van der Waals surface area contributed by atoms with E-state index in [2.05, 4.69) is 0 Å². The second kappa shape index (κ2) is 7.59. The van der Waals surface area contributed by atoms with Crippen molar-refractivity contribution in [2.24, 2.45) is 5.92 Å². The lowest BCUT2D eigenvalue weighted by molar-refractivity contribution is -0.144. The number of phenolic OH excluding ortho intramolecular Hbond substituents is 1. The topological polar surface area (TPSA) is 82.1 Å². The highest BCUT2D eigenvalue weighted by atomic mass is 16.5. The molecule has 0 amide bonds. The van der Waals surface area contributed by atoms with E-state index < -0.39 is 5.97 Å². The second-order valence-electron chi connectivity index (χ2n) is 6.30. The van der Waals surface area contributed by atoms with Crippen LogP contribution in [0.4, 0.5) is 0 Å². The van der Waals surface area contributed by atoms with Crippen LogP contribution in [-0.2, 0) is 27.3 Å². The lowest BCUT2D eigenvalue weighted by Gasteiger charge is -2.16. The number of esters is 2. The Hall–Kier alpha value is -2.50. The summed E-state index contributed by atoms with van der Waals surface area (Å²) < 4.78 is 15.2. The van der Waals surface area contributed by atoms with Crippen LogP contribution in [0.5, 0.6) is 11.5 Å². The van der Waals surface area contributed by atoms with E-state index in [0.29, 0.717) is 29.7 Å². The van der Waals surface area contributed by atoms with Crippen molar-refractivity contribution < 1.29 is 28.9 Å². The van der Waals surface area contributed by atoms with E-state index in [1.54, 1.807) is 6.92 Å². The van der Waals surface area contributed by atoms with Gasteiger partial charge in [0.1, 0.15) is 23.7 Å². The van der Waals surface area contributed by atoms with Crippen molar-refractivity contribution in [3.8, 4) is 11.5 Å². The minimum atomic E-state index is -0.514. The molecule has 0 fully saturated rings. The number of phenols is 1. The molecule has 0 aliphatic carbocycles. The molecule has 1 aliphatic rings. The third kappa shape index (κ3) is 3.62. The molecule has 1 heterocycles. The molecule has 6 nitrogen and oxygen atoms in total. The average molecular weight is 348 g/mol. The standard InChI is InChI=1S/C19H24O6/c1-10(8-11(2)18(21)24-5)6-7-13-16(20)15-14(9-25-19(15)22)12(3)17(13)23-4/h6,11,20H,7-9H2,1-5H3/t11-/m0/s1. The summed E-state index contributed by atoms with van der Waals surface area (Å²) in [4.78, 5) is 23.4. The van der Waals surface area contributed by atoms with E-state index in [9.17, 15) is 14.7 Å². The summed E-state index contributed by atoms with van der Waals surface area (Å²) >= 11 is 0. The molecule has 1 aliphatic heterocycles. The fraction of sp³-hybridized carbons (Fsp3) is 0.474. The first-order valence-corrected chi connectivity index (χ1v) is 8.13. The van der Waals surface area contributed by atoms with Crippen LogP contribution >= 0.6 is 0 Å². The summed E-state index contributed by atoms with van der Waals surface area (Å²) in [6, 6.07) is 0. The number of aromatic hydroxyl groups is 1. The Bertz CT molecular complexity index is 732. The quantitative estimate of drug-likeness (QED) is 0.628. The predicted molar refractivity (Wildman–Crippen MR) is 91.8 cm³/mol. The van der Waals surface area contributed by atoms with Crippen molar-refractivity contribution in [3.63, 3.8) is 0 Å². The highest BCUT2D eigenvalue weighted by molar-refractivity contribution is 5.98. The van der Waals surface area contributed by atoms with Gasteiger partial charge in [-0.05, 0) is 32.3 Å². The third-order valence-corrected chi connectivity index (χ3v) is 4.53. The molecule has 0 spiro atoms. The van der Waals surface area contributed by atoms with E-state index in [-0.39, 0.29) is 29.8 Å². The zero-order chi connectivity index (χ0) is 18.7. The first kappa shape index (κ1) is 18.8. The van der Waals surface area contributed by atoms with Gasteiger partial charge in [0, 0.05) is 11.1 Å². The zero-order valence-corrected chi connectivity index (χ0v) is 15.3. The smallest absolute Gasteiger partial charge is 0.342 e. The molecule has 1 atom stereocenters. The van der Waals surface area contributed by atoms with Gasteiger partial charge in [-0.25, -0.2) is 4.79 Å². The number of carbonyl (C=O) groups excluding carboxylic acids is 2. The summed E-state index contributed by atoms with van der Waals surface area (Å²) in [6.45, 7) is 5.71. The third-order valence-electron chi connectivity index (χ3n) is 4.53. The fourth-order valence-electron chi connectivity index (χ4n) is 3.16. The number of cyclic esters (lactones) is 1. The SMILES string of the molecule is COC(=O)[C@@H](C)CC(C)=CCc1c(O)c2c(c(C)c1OC)COC2=O. The maximum Gasteiger partial charge on any atom is 0.342 e. The number of fused-ring (bicyclic) bond motifs is 1. The number of carbonyl (C=O) groups is 2. The monoisotopic (exact) mass is 348 g/mol. The summed E-state index contributed by atoms with van der Waals surface area (Å²) in [5, 5.41) is 10.6. The lowest BCUT2D eigenvalue weighted by Crippen LogP contribution is -2.12. The fourth-order valence-corrected chi connectivity index (χ4v) is 3.16. The first-order chi connectivity index (χ1) is 11.8. The molecule has 1 aromatic carbocycles. The molecule has 6 heteroatoms. The zero-order valence-electron chi connectivity index (χ0n) is 15.3. The molecule has 0 aromatic heterocycles. The van der Waals surface area contributed by atoms with E-state index in [0.717, 1.165) is 11.1 Å². The van der Waals surface area contributed by atoms with Crippen molar-refractivity contribution >= 4 is 11.9 Å². The van der Waals surface area contributed by atoms with E-state index in [1.807, 2.05) is 19.9 Å². The Balaban J connectivity index is 2.32. The molecule has 0 saturated carbocycles. The molecule has 1 N–H and O–H groups in total. The van der Waals surface area contributed by atoms with Crippen LogP contribution in [0.1, 0.15) is 47.3 Å². The van der Waals surface area contributed by atoms with E-state index in [4.69, 9.17) is 14.2 Å². The molecular weight excluding hydrogens is 324 g/mol. The number of benzene rings is 1. The van der Waals surface area contributed by atoms with Gasteiger partial charge in [0.15, 0.2) is 0 Å². The molecular formula is C19H24O6. The van der Waals surface area contributed by atoms with Gasteiger partial charge in [0.25, 0.3) is 0 Å². The van der Waals surface area contributed by atoms with Crippen LogP contribution in [0.15, 0.2) is 11.6 Å². The summed E-state index contributed by atoms with van der Waals surface area (Å²) in [5.41, 5.74) is 3.22. The highest BCUT2D eigenvalue weighted by Crippen LogP contribution is 2.42. The second-order valence-corrected chi connectivity index (χ2v) is 6.30. The maximum atomic E-state index is 11.9. The number of rotatable bonds is 6. The Morgan fingerprint density at radius 1 is 1.40 bits per heavy atom. The molecule has 0 unspecified atom stereocenters. The Morgan fingerprint density at radius 2 is 2.08 bits per heavy atom. The largest absolute Gasteiger partial charge is 0.507 e. The van der Waals surface area contributed by atoms with Crippen molar-refractivity contribution in [1.82, 2.24) is 0 Å². The molecule has 1 aromatic rings. The van der Waals surface area contributed by atoms with Gasteiger partial charge in [-0.3, -0.25) is 4.79 Å². The van der Waals surface area contributed by atoms with Gasteiger partial charge in [-0.2, -0.15) is 0 Å². The highest BCUT2D eigenvalue weighted by Gasteiger charge is 2.31. The number of methoxy groups -OCH3 is 2. The van der Waals surface area contributed by atoms with Crippen molar-refractivity contribution in [2.45, 2.75) is 40.2 Å². The van der Waals surface area contributed by atoms with Crippen molar-refractivity contribution in [3.05, 3.63) is 33.9 Å². The average Bonchev–Trinajstić information content (AvgIpc) is 2.98. The van der Waals surface area contributed by atoms with Crippen LogP contribution in [-0.4, -0.2) is 31.3 Å². The van der Waals surface area contributed by atoms with Crippen molar-refractivity contribution in [1.29, 1.82) is 0 Å². The maximum absolute atomic E-state index is 11.9. The van der Waals surface area contributed by atoms with Crippen LogP contribution in [0.3, 0.4) is 0 Å². The molecule has 0 saturated heterocycles. The number of hydrogen-bond donors (Lipinski definition) is 1. The van der Waals surface area contributed by atoms with Gasteiger partial charge < -0.3 is 19.3 Å². The lowest BCUT2D eigenvalue weighted by atomic mass is 9.94. The van der Waals surface area contributed by atoms with Gasteiger partial charge in [0.2, 0.25) is 0 Å². The number of hydrogen-bond acceptors (Lipinski definition) is 6. The van der Waals surface area contributed by atoms with Crippen molar-refractivity contribution in [2.75, 3.05) is 14.2 Å². The van der Waals surface area contributed by atoms with Crippen LogP contribution in [0.25, 0.3) is 0 Å². The van der Waals surface area contributed by atoms with Gasteiger partial charge >= 0.3 is 11.9 Å². The minimum absolute atomic E-state index is 0.0926. The molecule has 136 valence electrons. The Kier molecular flexibility index (Phi) is 5.72. The Labute approximate surface area is 147 Å². The normalized spacial score (nSPS) is 14.8. The van der Waals surface area contributed by atoms with Crippen LogP contribution < -0.4 is 4.74 Å². The number of ether oxygens (including phenoxy) is 3.